The zero-order chi connectivity index (χ0) is 32.4. The van der Waals surface area contributed by atoms with E-state index >= 15 is 0 Å². The number of rotatable bonds is 8. The number of nitrogen functional groups attached to an aromatic ring is 1. The van der Waals surface area contributed by atoms with Gasteiger partial charge < -0.3 is 16.4 Å². The van der Waals surface area contributed by atoms with Crippen molar-refractivity contribution in [1.82, 2.24) is 24.6 Å². The van der Waals surface area contributed by atoms with E-state index in [1.807, 2.05) is 29.2 Å². The molecule has 0 aliphatic carbocycles. The first kappa shape index (κ1) is 30.8. The number of likely N-dealkylation sites (tertiary alicyclic amines) is 1. The Hall–Kier alpha value is -5.17. The van der Waals surface area contributed by atoms with Gasteiger partial charge in [-0.15, -0.1) is 0 Å². The number of benzene rings is 1. The van der Waals surface area contributed by atoms with E-state index in [4.69, 9.17) is 16.9 Å². The molecule has 2 saturated heterocycles. The number of amidine groups is 1. The number of amides is 2. The third-order valence-corrected chi connectivity index (χ3v) is 9.12. The van der Waals surface area contributed by atoms with Crippen molar-refractivity contribution >= 4 is 46.8 Å². The van der Waals surface area contributed by atoms with Crippen LogP contribution in [-0.2, 0) is 16.6 Å². The topological polar surface area (TPSA) is 175 Å². The number of carbonyl (C=O) groups is 2. The summed E-state index contributed by atoms with van der Waals surface area (Å²) in [7, 11) is 3.43. The molecule has 5 N–H and O–H groups in total. The van der Waals surface area contributed by atoms with Crippen LogP contribution in [0.2, 0.25) is 0 Å². The number of aryl methyl sites for hydroxylation is 1. The molecule has 1 spiro atoms. The molecule has 3 aliphatic heterocycles. The second-order valence-electron chi connectivity index (χ2n) is 12.1. The summed E-state index contributed by atoms with van der Waals surface area (Å²) >= 11 is 0. The van der Waals surface area contributed by atoms with E-state index < -0.39 is 5.41 Å². The van der Waals surface area contributed by atoms with Crippen molar-refractivity contribution in [2.75, 3.05) is 56.9 Å². The first-order valence-electron chi connectivity index (χ1n) is 15.4. The van der Waals surface area contributed by atoms with Crippen LogP contribution < -0.4 is 16.4 Å². The first-order valence-corrected chi connectivity index (χ1v) is 15.4. The number of nitrogens with zero attached hydrogens (tertiary/aromatic N) is 8. The fourth-order valence-corrected chi connectivity index (χ4v) is 6.49. The number of aromatic nitrogens is 3. The van der Waals surface area contributed by atoms with Crippen LogP contribution in [0.5, 0.6) is 0 Å². The van der Waals surface area contributed by atoms with Crippen LogP contribution in [-0.4, -0.2) is 101 Å². The van der Waals surface area contributed by atoms with Crippen LogP contribution in [0.1, 0.15) is 41.8 Å². The van der Waals surface area contributed by atoms with Gasteiger partial charge in [-0.1, -0.05) is 30.3 Å². The Bertz CT molecular complexity index is 1760. The molecule has 0 bridgehead atoms. The molecule has 1 atom stereocenters. The fraction of sp³-hybridized carbons (Fsp3) is 0.364. The minimum absolute atomic E-state index is 0.0122. The summed E-state index contributed by atoms with van der Waals surface area (Å²) in [4.78, 5) is 45.4. The maximum absolute atomic E-state index is 13.8. The normalized spacial score (nSPS) is 20.7. The van der Waals surface area contributed by atoms with Gasteiger partial charge in [0.05, 0.1) is 17.6 Å². The molecule has 238 valence electrons. The van der Waals surface area contributed by atoms with Crippen molar-refractivity contribution < 1.29 is 9.59 Å². The second-order valence-corrected chi connectivity index (χ2v) is 12.1. The molecular formula is C33H39N11O2. The van der Waals surface area contributed by atoms with Crippen LogP contribution >= 0.6 is 0 Å². The van der Waals surface area contributed by atoms with E-state index in [1.54, 1.807) is 48.1 Å². The van der Waals surface area contributed by atoms with Crippen LogP contribution in [0.3, 0.4) is 0 Å². The Morgan fingerprint density at radius 3 is 2.59 bits per heavy atom. The molecule has 13 nitrogen and oxygen atoms in total. The average molecular weight is 622 g/mol. The zero-order valence-electron chi connectivity index (χ0n) is 26.2. The highest BCUT2D eigenvalue weighted by Gasteiger charge is 2.51. The van der Waals surface area contributed by atoms with E-state index in [2.05, 4.69) is 31.0 Å². The minimum atomic E-state index is -0.545. The van der Waals surface area contributed by atoms with Gasteiger partial charge in [-0.05, 0) is 55.1 Å². The van der Waals surface area contributed by atoms with Gasteiger partial charge >= 0.3 is 0 Å². The van der Waals surface area contributed by atoms with E-state index in [1.165, 1.54) is 11.9 Å². The summed E-state index contributed by atoms with van der Waals surface area (Å²) in [6.45, 7) is 3.24. The number of carbonyl (C=O) groups excluding carboxylic acids is 2. The van der Waals surface area contributed by atoms with Gasteiger partial charge in [0, 0.05) is 52.0 Å². The Kier molecular flexibility index (Phi) is 8.50. The predicted octanol–water partition coefficient (Wildman–Crippen LogP) is 1.92. The summed E-state index contributed by atoms with van der Waals surface area (Å²) in [5.41, 5.74) is 16.0. The third-order valence-electron chi connectivity index (χ3n) is 9.12. The van der Waals surface area contributed by atoms with Gasteiger partial charge in [-0.2, -0.15) is 5.10 Å². The molecule has 5 heterocycles. The van der Waals surface area contributed by atoms with Crippen molar-refractivity contribution in [3.05, 3.63) is 77.3 Å². The minimum Gasteiger partial charge on any atom is -0.397 e. The summed E-state index contributed by atoms with van der Waals surface area (Å²) in [5.74, 6) is 0.980. The van der Waals surface area contributed by atoms with Crippen molar-refractivity contribution in [3.63, 3.8) is 0 Å². The number of anilines is 2. The maximum atomic E-state index is 13.8. The van der Waals surface area contributed by atoms with E-state index in [-0.39, 0.29) is 24.1 Å². The molecule has 0 saturated carbocycles. The van der Waals surface area contributed by atoms with Gasteiger partial charge in [0.25, 0.3) is 0 Å². The average Bonchev–Trinajstić information content (AvgIpc) is 3.78. The highest BCUT2D eigenvalue weighted by atomic mass is 16.2. The molecule has 3 aromatic rings. The number of aliphatic imine (C=N–C) groups is 2. The second kappa shape index (κ2) is 12.7. The molecule has 13 heteroatoms. The number of nitrogens with two attached hydrogens (primary N) is 2. The molecule has 2 amide bonds. The first-order chi connectivity index (χ1) is 22.2. The maximum Gasteiger partial charge on any atom is 0.237 e. The van der Waals surface area contributed by atoms with Crippen molar-refractivity contribution in [3.8, 4) is 0 Å². The standard InChI is InChI=1S/C33H39N11O2/c1-37-21-38-31(36)24-5-3-22(4-6-24)23-9-15-43(16-10-23)28(45)19-42-17-12-33(20-42)13-18-44(32(33)46)27-8-7-25(34)30(39-27)29(35)26-11-14-41(2)40-26/h3-9,11,14,21,35H,10,12-13,15-20,34H2,1-2H3,(H2,36,37,38)/t33-/m0/s1. The lowest BCUT2D eigenvalue weighted by Crippen LogP contribution is -2.43. The molecular weight excluding hydrogens is 582 g/mol. The van der Waals surface area contributed by atoms with Crippen molar-refractivity contribution in [1.29, 1.82) is 5.41 Å². The fourth-order valence-electron chi connectivity index (χ4n) is 6.49. The number of hydrogen-bond acceptors (Lipinski definition) is 8. The predicted molar refractivity (Wildman–Crippen MR) is 179 cm³/mol. The lowest BCUT2D eigenvalue weighted by Gasteiger charge is -2.29. The lowest BCUT2D eigenvalue weighted by atomic mass is 9.85. The summed E-state index contributed by atoms with van der Waals surface area (Å²) in [6.07, 6.45) is 7.45. The summed E-state index contributed by atoms with van der Waals surface area (Å²) in [6, 6.07) is 13.1. The Morgan fingerprint density at radius 1 is 1.11 bits per heavy atom. The van der Waals surface area contributed by atoms with Gasteiger partial charge in [0.1, 0.15) is 35.1 Å². The van der Waals surface area contributed by atoms with Crippen LogP contribution in [0.4, 0.5) is 11.5 Å². The quantitative estimate of drug-likeness (QED) is 0.254. The van der Waals surface area contributed by atoms with E-state index in [0.717, 1.165) is 17.5 Å². The van der Waals surface area contributed by atoms with E-state index in [9.17, 15) is 9.59 Å². The van der Waals surface area contributed by atoms with E-state index in [0.29, 0.717) is 74.3 Å². The van der Waals surface area contributed by atoms with Gasteiger partial charge in [-0.3, -0.25) is 34.5 Å². The largest absolute Gasteiger partial charge is 0.397 e. The van der Waals surface area contributed by atoms with Crippen LogP contribution in [0, 0.1) is 10.8 Å². The Balaban J connectivity index is 1.05. The number of pyridine rings is 1. The molecule has 6 rings (SSSR count). The third kappa shape index (κ3) is 6.05. The number of nitrogens with one attached hydrogen (secondary N) is 1. The van der Waals surface area contributed by atoms with Gasteiger partial charge in [0.15, 0.2) is 0 Å². The highest BCUT2D eigenvalue weighted by Crippen LogP contribution is 2.42. The molecule has 2 fully saturated rings. The SMILES string of the molecule is CN=CN=C(N)c1ccc(C2=CCN(C(=O)CN3CC[C@]4(CCN(c5ccc(N)c(C(=N)c6ccn(C)n6)n5)C4=O)C3)CC2)cc1. The van der Waals surface area contributed by atoms with Gasteiger partial charge in [0.2, 0.25) is 11.8 Å². The smallest absolute Gasteiger partial charge is 0.237 e. The van der Waals surface area contributed by atoms with Crippen molar-refractivity contribution in [2.24, 2.45) is 28.2 Å². The summed E-state index contributed by atoms with van der Waals surface area (Å²) < 4.78 is 1.62. The van der Waals surface area contributed by atoms with Gasteiger partial charge in [-0.25, -0.2) is 9.98 Å². The lowest BCUT2D eigenvalue weighted by molar-refractivity contribution is -0.132. The molecule has 1 aromatic carbocycles. The molecule has 3 aliphatic rings. The Morgan fingerprint density at radius 2 is 1.89 bits per heavy atom. The van der Waals surface area contributed by atoms with Crippen LogP contribution in [0.25, 0.3) is 5.57 Å². The zero-order valence-corrected chi connectivity index (χ0v) is 26.2. The molecule has 46 heavy (non-hydrogen) atoms. The van der Waals surface area contributed by atoms with Crippen molar-refractivity contribution in [2.45, 2.75) is 19.3 Å². The molecule has 0 radical (unpaired) electrons. The highest BCUT2D eigenvalue weighted by molar-refractivity contribution is 6.12. The van der Waals surface area contributed by atoms with Crippen LogP contribution in [0.15, 0.2) is 64.7 Å². The number of hydrogen-bond donors (Lipinski definition) is 3. The summed E-state index contributed by atoms with van der Waals surface area (Å²) in [5, 5.41) is 12.9. The molecule has 0 unspecified atom stereocenters. The Labute approximate surface area is 267 Å². The monoisotopic (exact) mass is 621 g/mol. The molecule has 2 aromatic heterocycles.